The van der Waals surface area contributed by atoms with Crippen LogP contribution in [0, 0.1) is 5.92 Å². The molecule has 1 N–H and O–H groups in total. The smallest absolute Gasteiger partial charge is 0.255 e. The second-order valence-corrected chi connectivity index (χ2v) is 8.74. The van der Waals surface area contributed by atoms with Crippen LogP contribution in [0.5, 0.6) is 0 Å². The third kappa shape index (κ3) is 3.40. The van der Waals surface area contributed by atoms with Gasteiger partial charge in [-0.3, -0.25) is 14.5 Å². The first-order valence-corrected chi connectivity index (χ1v) is 11.2. The van der Waals surface area contributed by atoms with Gasteiger partial charge < -0.3 is 5.32 Å². The van der Waals surface area contributed by atoms with Gasteiger partial charge in [-0.05, 0) is 47.6 Å². The summed E-state index contributed by atoms with van der Waals surface area (Å²) in [5.74, 6) is 0.917. The third-order valence-electron chi connectivity index (χ3n) is 6.76. The number of amides is 1. The molecular weight excluding hydrogens is 396 g/mol. The van der Waals surface area contributed by atoms with Crippen LogP contribution in [0.1, 0.15) is 39.4 Å². The Hall–Kier alpha value is -3.73. The normalized spacial score (nSPS) is 20.8. The number of nitrogens with one attached hydrogen (secondary N) is 1. The molecule has 2 aliphatic carbocycles. The Morgan fingerprint density at radius 1 is 1.03 bits per heavy atom. The van der Waals surface area contributed by atoms with Crippen molar-refractivity contribution in [1.29, 1.82) is 0 Å². The molecule has 0 spiro atoms. The minimum atomic E-state index is -0.0555. The van der Waals surface area contributed by atoms with Gasteiger partial charge in [0.2, 0.25) is 0 Å². The minimum absolute atomic E-state index is 0.0555. The standard InChI is InChI=1S/C27H24N4O/c32-27(29-26-22-13-12-19-9-4-5-11-21(19)24(22)26)23-17-31(16-18-7-2-1-3-8-18)30-25(23)20-10-6-14-28-15-20/h1-11,14-15,17,22,24,26H,12-13,16H2,(H,29,32). The molecule has 1 fully saturated rings. The average Bonchev–Trinajstić information content (AvgIpc) is 3.38. The number of carbonyl (C=O) groups is 1. The lowest BCUT2D eigenvalue weighted by Crippen LogP contribution is -2.27. The molecule has 6 rings (SSSR count). The molecule has 4 aromatic rings. The molecule has 158 valence electrons. The number of benzene rings is 2. The summed E-state index contributed by atoms with van der Waals surface area (Å²) in [5, 5.41) is 8.09. The Bertz CT molecular complexity index is 1270. The Balaban J connectivity index is 1.28. The maximum atomic E-state index is 13.4. The van der Waals surface area contributed by atoms with Crippen LogP contribution in [0.15, 0.2) is 85.3 Å². The molecule has 3 unspecified atom stereocenters. The van der Waals surface area contributed by atoms with E-state index < -0.39 is 0 Å². The van der Waals surface area contributed by atoms with Crippen molar-refractivity contribution < 1.29 is 4.79 Å². The van der Waals surface area contributed by atoms with Gasteiger partial charge >= 0.3 is 0 Å². The van der Waals surface area contributed by atoms with Crippen molar-refractivity contribution >= 4 is 5.91 Å². The van der Waals surface area contributed by atoms with Crippen molar-refractivity contribution in [2.75, 3.05) is 0 Å². The van der Waals surface area contributed by atoms with E-state index in [2.05, 4.69) is 46.7 Å². The molecule has 5 nitrogen and oxygen atoms in total. The van der Waals surface area contributed by atoms with Crippen molar-refractivity contribution in [2.45, 2.75) is 31.3 Å². The van der Waals surface area contributed by atoms with Crippen LogP contribution >= 0.6 is 0 Å². The minimum Gasteiger partial charge on any atom is -0.348 e. The highest BCUT2D eigenvalue weighted by Gasteiger charge is 2.54. The second kappa shape index (κ2) is 7.75. The van der Waals surface area contributed by atoms with E-state index in [1.54, 1.807) is 12.4 Å². The van der Waals surface area contributed by atoms with Gasteiger partial charge in [-0.25, -0.2) is 0 Å². The van der Waals surface area contributed by atoms with Crippen LogP contribution in [0.3, 0.4) is 0 Å². The molecule has 5 heteroatoms. The largest absolute Gasteiger partial charge is 0.348 e. The molecule has 0 radical (unpaired) electrons. The topological polar surface area (TPSA) is 59.8 Å². The fourth-order valence-electron chi connectivity index (χ4n) is 5.15. The van der Waals surface area contributed by atoms with E-state index in [1.807, 2.05) is 41.2 Å². The average molecular weight is 421 g/mol. The highest BCUT2D eigenvalue weighted by atomic mass is 16.1. The van der Waals surface area contributed by atoms with Gasteiger partial charge in [0.1, 0.15) is 5.69 Å². The summed E-state index contributed by atoms with van der Waals surface area (Å²) < 4.78 is 1.85. The van der Waals surface area contributed by atoms with Crippen LogP contribution in [0.25, 0.3) is 11.3 Å². The van der Waals surface area contributed by atoms with E-state index in [4.69, 9.17) is 5.10 Å². The summed E-state index contributed by atoms with van der Waals surface area (Å²) in [5.41, 5.74) is 6.10. The molecule has 0 bridgehead atoms. The van der Waals surface area contributed by atoms with Crippen molar-refractivity contribution in [3.05, 3.63) is 108 Å². The van der Waals surface area contributed by atoms with Crippen LogP contribution in [0.2, 0.25) is 0 Å². The molecule has 2 aliphatic rings. The SMILES string of the molecule is O=C(NC1C2CCc3ccccc3C21)c1cn(Cc2ccccc2)nc1-c1cccnc1. The van der Waals surface area contributed by atoms with Gasteiger partial charge in [0.25, 0.3) is 5.91 Å². The van der Waals surface area contributed by atoms with Gasteiger partial charge in [-0.1, -0.05) is 54.6 Å². The molecular formula is C27H24N4O. The fraction of sp³-hybridized carbons (Fsp3) is 0.222. The van der Waals surface area contributed by atoms with Gasteiger partial charge in [0.05, 0.1) is 12.1 Å². The highest BCUT2D eigenvalue weighted by molar-refractivity contribution is 6.00. The zero-order chi connectivity index (χ0) is 21.5. The molecule has 0 saturated heterocycles. The van der Waals surface area contributed by atoms with Crippen molar-refractivity contribution in [1.82, 2.24) is 20.1 Å². The monoisotopic (exact) mass is 420 g/mol. The van der Waals surface area contributed by atoms with Crippen LogP contribution in [-0.2, 0) is 13.0 Å². The summed E-state index contributed by atoms with van der Waals surface area (Å²) >= 11 is 0. The van der Waals surface area contributed by atoms with E-state index in [1.165, 1.54) is 11.1 Å². The van der Waals surface area contributed by atoms with Crippen LogP contribution in [-0.4, -0.2) is 26.7 Å². The van der Waals surface area contributed by atoms with Crippen LogP contribution < -0.4 is 5.32 Å². The van der Waals surface area contributed by atoms with E-state index >= 15 is 0 Å². The first kappa shape index (κ1) is 19.0. The molecule has 2 aromatic heterocycles. The lowest BCUT2D eigenvalue weighted by Gasteiger charge is -2.13. The molecule has 2 heterocycles. The quantitative estimate of drug-likeness (QED) is 0.519. The van der Waals surface area contributed by atoms with E-state index in [0.717, 1.165) is 24.0 Å². The Kier molecular flexibility index (Phi) is 4.60. The molecule has 1 saturated carbocycles. The molecule has 2 aromatic carbocycles. The van der Waals surface area contributed by atoms with Gasteiger partial charge in [-0.2, -0.15) is 5.10 Å². The summed E-state index contributed by atoms with van der Waals surface area (Å²) in [7, 11) is 0. The first-order valence-electron chi connectivity index (χ1n) is 11.2. The van der Waals surface area contributed by atoms with E-state index in [-0.39, 0.29) is 11.9 Å². The summed E-state index contributed by atoms with van der Waals surface area (Å²) in [6.45, 7) is 0.615. The van der Waals surface area contributed by atoms with Gasteiger partial charge in [-0.15, -0.1) is 0 Å². The summed E-state index contributed by atoms with van der Waals surface area (Å²) in [6, 6.07) is 22.8. The predicted octanol–water partition coefficient (Wildman–Crippen LogP) is 4.45. The fourth-order valence-corrected chi connectivity index (χ4v) is 5.15. The molecule has 0 aliphatic heterocycles. The number of hydrogen-bond acceptors (Lipinski definition) is 3. The lowest BCUT2D eigenvalue weighted by molar-refractivity contribution is 0.0949. The summed E-state index contributed by atoms with van der Waals surface area (Å²) in [4.78, 5) is 17.7. The Morgan fingerprint density at radius 2 is 1.88 bits per heavy atom. The number of fused-ring (bicyclic) bond motifs is 3. The van der Waals surface area contributed by atoms with E-state index in [9.17, 15) is 4.79 Å². The van der Waals surface area contributed by atoms with Crippen molar-refractivity contribution in [3.8, 4) is 11.3 Å². The van der Waals surface area contributed by atoms with E-state index in [0.29, 0.717) is 29.6 Å². The predicted molar refractivity (Wildman–Crippen MR) is 123 cm³/mol. The van der Waals surface area contributed by atoms with Gasteiger partial charge in [0, 0.05) is 36.1 Å². The number of nitrogens with zero attached hydrogens (tertiary/aromatic N) is 3. The van der Waals surface area contributed by atoms with Gasteiger partial charge in [0.15, 0.2) is 0 Å². The molecule has 32 heavy (non-hydrogen) atoms. The highest BCUT2D eigenvalue weighted by Crippen LogP contribution is 2.54. The van der Waals surface area contributed by atoms with Crippen molar-refractivity contribution in [2.24, 2.45) is 5.92 Å². The molecule has 3 atom stereocenters. The second-order valence-electron chi connectivity index (χ2n) is 8.74. The number of carbonyl (C=O) groups excluding carboxylic acids is 1. The number of aryl methyl sites for hydroxylation is 1. The number of pyridine rings is 1. The third-order valence-corrected chi connectivity index (χ3v) is 6.76. The number of rotatable bonds is 5. The summed E-state index contributed by atoms with van der Waals surface area (Å²) in [6.07, 6.45) is 7.59. The number of hydrogen-bond donors (Lipinski definition) is 1. The Labute approximate surface area is 187 Å². The maximum absolute atomic E-state index is 13.4. The zero-order valence-electron chi connectivity index (χ0n) is 17.7. The first-order chi connectivity index (χ1) is 15.8. The molecule has 1 amide bonds. The Morgan fingerprint density at radius 3 is 2.72 bits per heavy atom. The number of aromatic nitrogens is 3. The maximum Gasteiger partial charge on any atom is 0.255 e. The van der Waals surface area contributed by atoms with Crippen LogP contribution in [0.4, 0.5) is 0 Å². The lowest BCUT2D eigenvalue weighted by atomic mass is 9.92. The van der Waals surface area contributed by atoms with Crippen molar-refractivity contribution in [3.63, 3.8) is 0 Å². The zero-order valence-corrected chi connectivity index (χ0v) is 17.7.